The van der Waals surface area contributed by atoms with Crippen molar-refractivity contribution in [3.63, 3.8) is 0 Å². The third-order valence-electron chi connectivity index (χ3n) is 3.52. The van der Waals surface area contributed by atoms with Crippen molar-refractivity contribution in [1.29, 1.82) is 0 Å². The maximum Gasteiger partial charge on any atom is 0.119 e. The molecule has 0 spiro atoms. The molecule has 2 rings (SSSR count). The third-order valence-corrected chi connectivity index (χ3v) is 3.52. The first-order chi connectivity index (χ1) is 9.61. The fraction of sp³-hybridized carbons (Fsp3) is 0.438. The van der Waals surface area contributed by atoms with Crippen molar-refractivity contribution in [1.82, 2.24) is 15.1 Å². The molecule has 0 saturated carbocycles. The standard InChI is InChI=1S/C16H23N3O/c1-5-20-15-8-6-14(7-9-15)10-17-11-16-12(2)18-19(4)13(16)3/h6-9,17H,5,10-11H2,1-4H3. The van der Waals surface area contributed by atoms with Gasteiger partial charge < -0.3 is 10.1 Å². The molecule has 0 aliphatic heterocycles. The van der Waals surface area contributed by atoms with Gasteiger partial charge in [-0.05, 0) is 38.5 Å². The fourth-order valence-corrected chi connectivity index (χ4v) is 2.28. The van der Waals surface area contributed by atoms with Crippen LogP contribution in [0.15, 0.2) is 24.3 Å². The van der Waals surface area contributed by atoms with Gasteiger partial charge in [0.1, 0.15) is 5.75 Å². The van der Waals surface area contributed by atoms with Crippen molar-refractivity contribution in [3.8, 4) is 5.75 Å². The highest BCUT2D eigenvalue weighted by Crippen LogP contribution is 2.13. The zero-order valence-corrected chi connectivity index (χ0v) is 12.7. The summed E-state index contributed by atoms with van der Waals surface area (Å²) in [6.07, 6.45) is 0. The molecule has 1 aromatic carbocycles. The zero-order chi connectivity index (χ0) is 14.5. The fourth-order valence-electron chi connectivity index (χ4n) is 2.28. The molecular weight excluding hydrogens is 250 g/mol. The minimum atomic E-state index is 0.706. The first-order valence-corrected chi connectivity index (χ1v) is 7.03. The van der Waals surface area contributed by atoms with Gasteiger partial charge in [-0.2, -0.15) is 5.10 Å². The van der Waals surface area contributed by atoms with Gasteiger partial charge in [0.05, 0.1) is 12.3 Å². The molecule has 0 aliphatic carbocycles. The van der Waals surface area contributed by atoms with Crippen LogP contribution < -0.4 is 10.1 Å². The third kappa shape index (κ3) is 3.39. The average molecular weight is 273 g/mol. The molecule has 0 radical (unpaired) electrons. The molecule has 108 valence electrons. The Hall–Kier alpha value is -1.81. The molecule has 0 bridgehead atoms. The van der Waals surface area contributed by atoms with Gasteiger partial charge in [0.25, 0.3) is 0 Å². The molecule has 4 heteroatoms. The van der Waals surface area contributed by atoms with Crippen molar-refractivity contribution in [2.75, 3.05) is 6.61 Å². The molecule has 0 saturated heterocycles. The van der Waals surface area contributed by atoms with Crippen molar-refractivity contribution >= 4 is 0 Å². The minimum Gasteiger partial charge on any atom is -0.494 e. The highest BCUT2D eigenvalue weighted by atomic mass is 16.5. The molecule has 0 amide bonds. The van der Waals surface area contributed by atoms with Crippen LogP contribution in [0.4, 0.5) is 0 Å². The average Bonchev–Trinajstić information content (AvgIpc) is 2.67. The lowest BCUT2D eigenvalue weighted by Crippen LogP contribution is -2.13. The number of nitrogens with zero attached hydrogens (tertiary/aromatic N) is 2. The van der Waals surface area contributed by atoms with E-state index in [-0.39, 0.29) is 0 Å². The SMILES string of the molecule is CCOc1ccc(CNCc2c(C)nn(C)c2C)cc1. The Labute approximate surface area is 120 Å². The molecule has 1 heterocycles. The second kappa shape index (κ2) is 6.57. The molecule has 20 heavy (non-hydrogen) atoms. The van der Waals surface area contributed by atoms with Gasteiger partial charge in [-0.3, -0.25) is 4.68 Å². The Morgan fingerprint density at radius 2 is 1.85 bits per heavy atom. The van der Waals surface area contributed by atoms with Gasteiger partial charge in [0.15, 0.2) is 0 Å². The van der Waals surface area contributed by atoms with E-state index in [4.69, 9.17) is 4.74 Å². The lowest BCUT2D eigenvalue weighted by atomic mass is 10.2. The molecule has 0 aliphatic rings. The van der Waals surface area contributed by atoms with Crippen molar-refractivity contribution in [2.45, 2.75) is 33.9 Å². The van der Waals surface area contributed by atoms with E-state index in [0.717, 1.165) is 24.5 Å². The molecular formula is C16H23N3O. The van der Waals surface area contributed by atoms with Gasteiger partial charge in [-0.1, -0.05) is 12.1 Å². The number of hydrogen-bond donors (Lipinski definition) is 1. The van der Waals surface area contributed by atoms with Crippen LogP contribution in [-0.4, -0.2) is 16.4 Å². The molecule has 1 N–H and O–H groups in total. The number of aryl methyl sites for hydroxylation is 2. The van der Waals surface area contributed by atoms with Crippen LogP contribution in [0.2, 0.25) is 0 Å². The van der Waals surface area contributed by atoms with Crippen LogP contribution in [0.25, 0.3) is 0 Å². The van der Waals surface area contributed by atoms with E-state index >= 15 is 0 Å². The summed E-state index contributed by atoms with van der Waals surface area (Å²) in [7, 11) is 1.98. The Morgan fingerprint density at radius 3 is 2.40 bits per heavy atom. The first kappa shape index (κ1) is 14.6. The van der Waals surface area contributed by atoms with E-state index in [9.17, 15) is 0 Å². The van der Waals surface area contributed by atoms with Crippen LogP contribution in [0.1, 0.15) is 29.4 Å². The van der Waals surface area contributed by atoms with Gasteiger partial charge in [-0.25, -0.2) is 0 Å². The van der Waals surface area contributed by atoms with Gasteiger partial charge in [-0.15, -0.1) is 0 Å². The number of rotatable bonds is 6. The molecule has 0 fully saturated rings. The van der Waals surface area contributed by atoms with E-state index in [1.54, 1.807) is 0 Å². The van der Waals surface area contributed by atoms with E-state index in [1.165, 1.54) is 16.8 Å². The Balaban J connectivity index is 1.89. The van der Waals surface area contributed by atoms with Gasteiger partial charge in [0, 0.05) is 31.4 Å². The molecule has 4 nitrogen and oxygen atoms in total. The number of nitrogens with one attached hydrogen (secondary N) is 1. The van der Waals surface area contributed by atoms with E-state index in [0.29, 0.717) is 6.61 Å². The summed E-state index contributed by atoms with van der Waals surface area (Å²) in [4.78, 5) is 0. The summed E-state index contributed by atoms with van der Waals surface area (Å²) >= 11 is 0. The second-order valence-electron chi connectivity index (χ2n) is 4.95. The largest absolute Gasteiger partial charge is 0.494 e. The lowest BCUT2D eigenvalue weighted by Gasteiger charge is -2.07. The Morgan fingerprint density at radius 1 is 1.15 bits per heavy atom. The van der Waals surface area contributed by atoms with E-state index < -0.39 is 0 Å². The number of aromatic nitrogens is 2. The number of ether oxygens (including phenoxy) is 1. The maximum absolute atomic E-state index is 5.44. The van der Waals surface area contributed by atoms with Crippen LogP contribution >= 0.6 is 0 Å². The Kier molecular flexibility index (Phi) is 4.79. The maximum atomic E-state index is 5.44. The summed E-state index contributed by atoms with van der Waals surface area (Å²) in [6.45, 7) is 8.55. The van der Waals surface area contributed by atoms with Crippen molar-refractivity contribution in [2.24, 2.45) is 7.05 Å². The topological polar surface area (TPSA) is 39.1 Å². The Bertz CT molecular complexity index is 558. The predicted molar refractivity (Wildman–Crippen MR) is 80.8 cm³/mol. The van der Waals surface area contributed by atoms with Gasteiger partial charge >= 0.3 is 0 Å². The monoisotopic (exact) mass is 273 g/mol. The summed E-state index contributed by atoms with van der Waals surface area (Å²) in [5.41, 5.74) is 4.87. The van der Waals surface area contributed by atoms with Crippen LogP contribution in [-0.2, 0) is 20.1 Å². The summed E-state index contributed by atoms with van der Waals surface area (Å²) in [5, 5.41) is 7.90. The highest BCUT2D eigenvalue weighted by Gasteiger charge is 2.08. The van der Waals surface area contributed by atoms with E-state index in [1.807, 2.05) is 30.8 Å². The second-order valence-corrected chi connectivity index (χ2v) is 4.95. The number of benzene rings is 1. The van der Waals surface area contributed by atoms with Crippen LogP contribution in [0.5, 0.6) is 5.75 Å². The van der Waals surface area contributed by atoms with E-state index in [2.05, 4.69) is 36.4 Å². The van der Waals surface area contributed by atoms with Crippen molar-refractivity contribution in [3.05, 3.63) is 46.8 Å². The highest BCUT2D eigenvalue weighted by molar-refractivity contribution is 5.28. The number of hydrogen-bond acceptors (Lipinski definition) is 3. The first-order valence-electron chi connectivity index (χ1n) is 7.03. The minimum absolute atomic E-state index is 0.706. The molecule has 0 atom stereocenters. The molecule has 2 aromatic rings. The summed E-state index contributed by atoms with van der Waals surface area (Å²) < 4.78 is 7.37. The van der Waals surface area contributed by atoms with Crippen LogP contribution in [0, 0.1) is 13.8 Å². The summed E-state index contributed by atoms with van der Waals surface area (Å²) in [5.74, 6) is 0.926. The zero-order valence-electron chi connectivity index (χ0n) is 12.7. The molecule has 0 unspecified atom stereocenters. The van der Waals surface area contributed by atoms with Crippen LogP contribution in [0.3, 0.4) is 0 Å². The molecule has 1 aromatic heterocycles. The predicted octanol–water partition coefficient (Wildman–Crippen LogP) is 2.73. The smallest absolute Gasteiger partial charge is 0.119 e. The van der Waals surface area contributed by atoms with Crippen molar-refractivity contribution < 1.29 is 4.74 Å². The quantitative estimate of drug-likeness (QED) is 0.879. The normalized spacial score (nSPS) is 10.8. The van der Waals surface area contributed by atoms with Gasteiger partial charge in [0.2, 0.25) is 0 Å². The lowest BCUT2D eigenvalue weighted by molar-refractivity contribution is 0.340. The summed E-state index contributed by atoms with van der Waals surface area (Å²) in [6, 6.07) is 8.23.